The minimum Gasteiger partial charge on any atom is -0.465 e. The second-order valence-corrected chi connectivity index (χ2v) is 5.41. The maximum atomic E-state index is 13.3. The van der Waals surface area contributed by atoms with Crippen LogP contribution in [0, 0.1) is 5.82 Å². The average Bonchev–Trinajstić information content (AvgIpc) is 3.11. The maximum absolute atomic E-state index is 13.3. The van der Waals surface area contributed by atoms with Crippen LogP contribution in [0.3, 0.4) is 0 Å². The first-order chi connectivity index (χ1) is 12.1. The molecule has 2 aromatic carbocycles. The van der Waals surface area contributed by atoms with Gasteiger partial charge in [-0.15, -0.1) is 0 Å². The molecule has 0 aromatic heterocycles. The van der Waals surface area contributed by atoms with Gasteiger partial charge in [-0.05, 0) is 30.3 Å². The van der Waals surface area contributed by atoms with Crippen molar-refractivity contribution < 1.29 is 23.6 Å². The smallest absolute Gasteiger partial charge is 0.337 e. The summed E-state index contributed by atoms with van der Waals surface area (Å²) in [6.45, 7) is 0. The Kier molecular flexibility index (Phi) is 4.74. The van der Waals surface area contributed by atoms with Gasteiger partial charge in [0.15, 0.2) is 0 Å². The number of esters is 1. The van der Waals surface area contributed by atoms with Crippen molar-refractivity contribution in [3.63, 3.8) is 0 Å². The van der Waals surface area contributed by atoms with Gasteiger partial charge >= 0.3 is 5.97 Å². The third-order valence-electron chi connectivity index (χ3n) is 3.67. The van der Waals surface area contributed by atoms with E-state index in [-0.39, 0.29) is 12.2 Å². The van der Waals surface area contributed by atoms with Crippen LogP contribution >= 0.6 is 0 Å². The lowest BCUT2D eigenvalue weighted by Gasteiger charge is -2.10. The number of hydrogen-bond acceptors (Lipinski definition) is 5. The Balaban J connectivity index is 1.65. The predicted molar refractivity (Wildman–Crippen MR) is 88.8 cm³/mol. The number of carbonyl (C=O) groups is 2. The number of methoxy groups -OCH3 is 1. The van der Waals surface area contributed by atoms with E-state index < -0.39 is 18.0 Å². The summed E-state index contributed by atoms with van der Waals surface area (Å²) in [4.78, 5) is 29.0. The second-order valence-electron chi connectivity index (χ2n) is 5.41. The molecule has 0 saturated carbocycles. The SMILES string of the molecule is COC(=O)c1cccc(NC(=O)[C@H]2CC(c3cccc(F)c3)=NO2)c1. The lowest BCUT2D eigenvalue weighted by molar-refractivity contribution is -0.125. The number of rotatable bonds is 4. The molecule has 0 aliphatic carbocycles. The van der Waals surface area contributed by atoms with Gasteiger partial charge in [0.25, 0.3) is 5.91 Å². The zero-order valence-corrected chi connectivity index (χ0v) is 13.4. The highest BCUT2D eigenvalue weighted by Gasteiger charge is 2.29. The van der Waals surface area contributed by atoms with E-state index in [0.29, 0.717) is 22.5 Å². The molecule has 1 N–H and O–H groups in total. The summed E-state index contributed by atoms with van der Waals surface area (Å²) in [7, 11) is 1.28. The standard InChI is InChI=1S/C18H15FN2O4/c1-24-18(23)12-5-3-7-14(9-12)20-17(22)16-10-15(21-25-16)11-4-2-6-13(19)8-11/h2-9,16H,10H2,1H3,(H,20,22)/t16-/m1/s1. The molecule has 6 nitrogen and oxygen atoms in total. The highest BCUT2D eigenvalue weighted by atomic mass is 19.1. The molecule has 25 heavy (non-hydrogen) atoms. The molecule has 1 atom stereocenters. The van der Waals surface area contributed by atoms with Crippen LogP contribution in [-0.4, -0.2) is 30.8 Å². The van der Waals surface area contributed by atoms with E-state index in [2.05, 4.69) is 15.2 Å². The summed E-state index contributed by atoms with van der Waals surface area (Å²) in [5.41, 5.74) is 1.84. The number of ether oxygens (including phenoxy) is 1. The molecular formula is C18H15FN2O4. The zero-order valence-electron chi connectivity index (χ0n) is 13.4. The van der Waals surface area contributed by atoms with Crippen molar-refractivity contribution in [2.45, 2.75) is 12.5 Å². The summed E-state index contributed by atoms with van der Waals surface area (Å²) in [6, 6.07) is 12.3. The quantitative estimate of drug-likeness (QED) is 0.867. The number of carbonyl (C=O) groups excluding carboxylic acids is 2. The number of amides is 1. The largest absolute Gasteiger partial charge is 0.465 e. The van der Waals surface area contributed by atoms with Gasteiger partial charge in [0.2, 0.25) is 6.10 Å². The minimum absolute atomic E-state index is 0.228. The molecule has 3 rings (SSSR count). The fourth-order valence-corrected chi connectivity index (χ4v) is 2.42. The van der Waals surface area contributed by atoms with E-state index in [4.69, 9.17) is 4.84 Å². The van der Waals surface area contributed by atoms with Gasteiger partial charge in [-0.25, -0.2) is 9.18 Å². The van der Waals surface area contributed by atoms with Crippen molar-refractivity contribution in [1.29, 1.82) is 0 Å². The van der Waals surface area contributed by atoms with Crippen LogP contribution in [0.25, 0.3) is 0 Å². The first-order valence-corrected chi connectivity index (χ1v) is 7.54. The Labute approximate surface area is 143 Å². The third-order valence-corrected chi connectivity index (χ3v) is 3.67. The fourth-order valence-electron chi connectivity index (χ4n) is 2.42. The van der Waals surface area contributed by atoms with Gasteiger partial charge in [-0.3, -0.25) is 4.79 Å². The fraction of sp³-hybridized carbons (Fsp3) is 0.167. The summed E-state index contributed by atoms with van der Waals surface area (Å²) < 4.78 is 17.9. The Morgan fingerprint density at radius 2 is 2.04 bits per heavy atom. The van der Waals surface area contributed by atoms with Crippen LogP contribution in [0.5, 0.6) is 0 Å². The molecule has 1 heterocycles. The van der Waals surface area contributed by atoms with Gasteiger partial charge in [-0.1, -0.05) is 23.4 Å². The van der Waals surface area contributed by atoms with Crippen molar-refractivity contribution >= 4 is 23.3 Å². The molecular weight excluding hydrogens is 327 g/mol. The van der Waals surface area contributed by atoms with Crippen LogP contribution in [-0.2, 0) is 14.4 Å². The molecule has 0 bridgehead atoms. The Morgan fingerprint density at radius 3 is 2.80 bits per heavy atom. The number of nitrogens with one attached hydrogen (secondary N) is 1. The monoisotopic (exact) mass is 342 g/mol. The predicted octanol–water partition coefficient (Wildman–Crippen LogP) is 2.74. The van der Waals surface area contributed by atoms with Crippen molar-refractivity contribution in [1.82, 2.24) is 0 Å². The molecule has 0 fully saturated rings. The molecule has 0 unspecified atom stereocenters. The van der Waals surface area contributed by atoms with Gasteiger partial charge in [0, 0.05) is 17.7 Å². The van der Waals surface area contributed by atoms with E-state index in [1.165, 1.54) is 25.3 Å². The lowest BCUT2D eigenvalue weighted by Crippen LogP contribution is -2.28. The van der Waals surface area contributed by atoms with Crippen LogP contribution in [0.2, 0.25) is 0 Å². The zero-order chi connectivity index (χ0) is 17.8. The summed E-state index contributed by atoms with van der Waals surface area (Å²) in [5, 5.41) is 6.53. The van der Waals surface area contributed by atoms with Crippen molar-refractivity contribution in [2.75, 3.05) is 12.4 Å². The molecule has 2 aromatic rings. The molecule has 7 heteroatoms. The van der Waals surface area contributed by atoms with Gasteiger partial charge in [-0.2, -0.15) is 0 Å². The number of anilines is 1. The average molecular weight is 342 g/mol. The molecule has 0 spiro atoms. The number of oxime groups is 1. The number of nitrogens with zero attached hydrogens (tertiary/aromatic N) is 1. The number of benzene rings is 2. The highest BCUT2D eigenvalue weighted by molar-refractivity contribution is 6.06. The summed E-state index contributed by atoms with van der Waals surface area (Å²) >= 11 is 0. The Morgan fingerprint density at radius 1 is 1.24 bits per heavy atom. The molecule has 0 radical (unpaired) electrons. The topological polar surface area (TPSA) is 77.0 Å². The molecule has 1 aliphatic heterocycles. The Hall–Kier alpha value is -3.22. The van der Waals surface area contributed by atoms with Gasteiger partial charge < -0.3 is 14.9 Å². The van der Waals surface area contributed by atoms with Crippen LogP contribution < -0.4 is 5.32 Å². The minimum atomic E-state index is -0.819. The van der Waals surface area contributed by atoms with Crippen LogP contribution in [0.1, 0.15) is 22.3 Å². The van der Waals surface area contributed by atoms with Gasteiger partial charge in [0.05, 0.1) is 18.4 Å². The van der Waals surface area contributed by atoms with E-state index in [1.807, 2.05) is 0 Å². The van der Waals surface area contributed by atoms with Crippen molar-refractivity contribution in [3.8, 4) is 0 Å². The third kappa shape index (κ3) is 3.82. The maximum Gasteiger partial charge on any atom is 0.337 e. The number of halogens is 1. The summed E-state index contributed by atoms with van der Waals surface area (Å²) in [5.74, 6) is -1.28. The van der Waals surface area contributed by atoms with Crippen LogP contribution in [0.4, 0.5) is 10.1 Å². The molecule has 0 saturated heterocycles. The van der Waals surface area contributed by atoms with Crippen LogP contribution in [0.15, 0.2) is 53.7 Å². The van der Waals surface area contributed by atoms with E-state index in [9.17, 15) is 14.0 Å². The van der Waals surface area contributed by atoms with E-state index in [0.717, 1.165) is 0 Å². The van der Waals surface area contributed by atoms with Crippen molar-refractivity contribution in [3.05, 3.63) is 65.5 Å². The normalized spacial score (nSPS) is 15.9. The second kappa shape index (κ2) is 7.12. The first-order valence-electron chi connectivity index (χ1n) is 7.54. The molecule has 1 aliphatic rings. The molecule has 128 valence electrons. The highest BCUT2D eigenvalue weighted by Crippen LogP contribution is 2.19. The summed E-state index contributed by atoms with van der Waals surface area (Å²) in [6.07, 6.45) is -0.591. The first kappa shape index (κ1) is 16.6. The van der Waals surface area contributed by atoms with E-state index >= 15 is 0 Å². The lowest BCUT2D eigenvalue weighted by atomic mass is 10.0. The number of hydrogen-bond donors (Lipinski definition) is 1. The molecule has 1 amide bonds. The van der Waals surface area contributed by atoms with Crippen molar-refractivity contribution in [2.24, 2.45) is 5.16 Å². The Bertz CT molecular complexity index is 850. The van der Waals surface area contributed by atoms with Gasteiger partial charge in [0.1, 0.15) is 5.82 Å². The van der Waals surface area contributed by atoms with E-state index in [1.54, 1.807) is 30.3 Å².